The standard InChI is InChI=1S/C16H18Cl2N6O2/c1-2-26-16(25)24-7-5-23(6-8-24)15-21-14(10-19-22-15)20-13-4-3-11(17)9-12(13)18/h3-4,9-10H,2,5-8H2,1H3,(H,20,21,22). The van der Waals surface area contributed by atoms with Crippen molar-refractivity contribution in [2.75, 3.05) is 43.0 Å². The predicted molar refractivity (Wildman–Crippen MR) is 100 cm³/mol. The van der Waals surface area contributed by atoms with Crippen molar-refractivity contribution >= 4 is 46.7 Å². The number of anilines is 3. The molecule has 1 fully saturated rings. The molecule has 2 heterocycles. The fourth-order valence-corrected chi connectivity index (χ4v) is 2.98. The minimum absolute atomic E-state index is 0.293. The molecule has 1 N–H and O–H groups in total. The number of carbonyl (C=O) groups is 1. The predicted octanol–water partition coefficient (Wildman–Crippen LogP) is 3.20. The van der Waals surface area contributed by atoms with Gasteiger partial charge in [0.1, 0.15) is 0 Å². The van der Waals surface area contributed by atoms with E-state index in [2.05, 4.69) is 20.5 Å². The van der Waals surface area contributed by atoms with Gasteiger partial charge in [-0.25, -0.2) is 4.79 Å². The van der Waals surface area contributed by atoms with Gasteiger partial charge in [-0.2, -0.15) is 10.1 Å². The minimum Gasteiger partial charge on any atom is -0.450 e. The third kappa shape index (κ3) is 4.44. The van der Waals surface area contributed by atoms with Crippen molar-refractivity contribution in [1.82, 2.24) is 20.1 Å². The highest BCUT2D eigenvalue weighted by Crippen LogP contribution is 2.27. The Kier molecular flexibility index (Phi) is 5.95. The molecule has 1 saturated heterocycles. The second-order valence-corrected chi connectivity index (χ2v) is 6.41. The number of aromatic nitrogens is 3. The summed E-state index contributed by atoms with van der Waals surface area (Å²) in [5.74, 6) is 1.01. The second kappa shape index (κ2) is 8.37. The number of halogens is 2. The molecule has 0 unspecified atom stereocenters. The van der Waals surface area contributed by atoms with Crippen LogP contribution in [0.4, 0.5) is 22.2 Å². The molecule has 26 heavy (non-hydrogen) atoms. The topological polar surface area (TPSA) is 83.5 Å². The van der Waals surface area contributed by atoms with Gasteiger partial charge in [0.2, 0.25) is 5.95 Å². The number of ether oxygens (including phenoxy) is 1. The average molecular weight is 397 g/mol. The Balaban J connectivity index is 1.65. The maximum absolute atomic E-state index is 11.8. The van der Waals surface area contributed by atoms with E-state index in [9.17, 15) is 4.79 Å². The highest BCUT2D eigenvalue weighted by atomic mass is 35.5. The number of hydrogen-bond donors (Lipinski definition) is 1. The van der Waals surface area contributed by atoms with Crippen LogP contribution >= 0.6 is 23.2 Å². The van der Waals surface area contributed by atoms with Gasteiger partial charge < -0.3 is 19.9 Å². The number of rotatable bonds is 4. The van der Waals surface area contributed by atoms with E-state index >= 15 is 0 Å². The van der Waals surface area contributed by atoms with Crippen molar-refractivity contribution in [3.8, 4) is 0 Å². The number of carbonyl (C=O) groups excluding carboxylic acids is 1. The summed E-state index contributed by atoms with van der Waals surface area (Å²) in [6, 6.07) is 5.15. The molecule has 10 heteroatoms. The van der Waals surface area contributed by atoms with Crippen molar-refractivity contribution in [3.05, 3.63) is 34.4 Å². The van der Waals surface area contributed by atoms with Crippen molar-refractivity contribution in [3.63, 3.8) is 0 Å². The van der Waals surface area contributed by atoms with Crippen LogP contribution in [0.25, 0.3) is 0 Å². The summed E-state index contributed by atoms with van der Waals surface area (Å²) in [4.78, 5) is 19.9. The van der Waals surface area contributed by atoms with Crippen LogP contribution in [0.15, 0.2) is 24.4 Å². The summed E-state index contributed by atoms with van der Waals surface area (Å²) in [6.45, 7) is 4.45. The van der Waals surface area contributed by atoms with Crippen LogP contribution in [0.3, 0.4) is 0 Å². The zero-order valence-electron chi connectivity index (χ0n) is 14.2. The Morgan fingerprint density at radius 3 is 2.73 bits per heavy atom. The van der Waals surface area contributed by atoms with Crippen molar-refractivity contribution < 1.29 is 9.53 Å². The fraction of sp³-hybridized carbons (Fsp3) is 0.375. The van der Waals surface area contributed by atoms with Gasteiger partial charge in [0.15, 0.2) is 5.82 Å². The zero-order valence-corrected chi connectivity index (χ0v) is 15.7. The van der Waals surface area contributed by atoms with Crippen LogP contribution in [0.1, 0.15) is 6.92 Å². The van der Waals surface area contributed by atoms with Gasteiger partial charge in [-0.15, -0.1) is 5.10 Å². The van der Waals surface area contributed by atoms with E-state index in [-0.39, 0.29) is 6.09 Å². The maximum atomic E-state index is 11.8. The molecule has 2 aromatic rings. The van der Waals surface area contributed by atoms with Crippen molar-refractivity contribution in [1.29, 1.82) is 0 Å². The van der Waals surface area contributed by atoms with E-state index < -0.39 is 0 Å². The first-order valence-corrected chi connectivity index (χ1v) is 8.91. The first kappa shape index (κ1) is 18.5. The molecule has 8 nitrogen and oxygen atoms in total. The van der Waals surface area contributed by atoms with Gasteiger partial charge in [-0.1, -0.05) is 23.2 Å². The molecule has 0 atom stereocenters. The number of nitrogens with zero attached hydrogens (tertiary/aromatic N) is 5. The van der Waals surface area contributed by atoms with E-state index in [1.165, 1.54) is 6.20 Å². The molecule has 0 spiro atoms. The van der Waals surface area contributed by atoms with Gasteiger partial charge in [0, 0.05) is 31.2 Å². The smallest absolute Gasteiger partial charge is 0.409 e. The van der Waals surface area contributed by atoms with Gasteiger partial charge >= 0.3 is 6.09 Å². The number of amides is 1. The molecule has 0 radical (unpaired) electrons. The highest BCUT2D eigenvalue weighted by molar-refractivity contribution is 6.36. The third-order valence-corrected chi connectivity index (χ3v) is 4.38. The quantitative estimate of drug-likeness (QED) is 0.848. The molecule has 0 bridgehead atoms. The third-order valence-electron chi connectivity index (χ3n) is 3.83. The second-order valence-electron chi connectivity index (χ2n) is 5.56. The Morgan fingerprint density at radius 1 is 1.27 bits per heavy atom. The van der Waals surface area contributed by atoms with Crippen molar-refractivity contribution in [2.45, 2.75) is 6.92 Å². The molecule has 1 aliphatic rings. The van der Waals surface area contributed by atoms with E-state index in [1.807, 2.05) is 4.90 Å². The summed E-state index contributed by atoms with van der Waals surface area (Å²) in [5.41, 5.74) is 0.676. The average Bonchev–Trinajstić information content (AvgIpc) is 2.65. The molecule has 0 saturated carbocycles. The lowest BCUT2D eigenvalue weighted by atomic mass is 10.3. The number of hydrogen-bond acceptors (Lipinski definition) is 7. The van der Waals surface area contributed by atoms with Crippen LogP contribution in [0, 0.1) is 0 Å². The Bertz CT molecular complexity index is 783. The van der Waals surface area contributed by atoms with Crippen LogP contribution < -0.4 is 10.2 Å². The minimum atomic E-state index is -0.293. The normalized spacial score (nSPS) is 14.3. The number of piperazine rings is 1. The first-order chi connectivity index (χ1) is 12.6. The van der Waals surface area contributed by atoms with Crippen LogP contribution in [-0.2, 0) is 4.74 Å². The molecule has 1 aromatic heterocycles. The Labute approximate surface area is 161 Å². The van der Waals surface area contributed by atoms with E-state index in [0.29, 0.717) is 60.3 Å². The molecular weight excluding hydrogens is 379 g/mol. The van der Waals surface area contributed by atoms with E-state index in [4.69, 9.17) is 27.9 Å². The Hall–Kier alpha value is -2.32. The Morgan fingerprint density at radius 2 is 2.04 bits per heavy atom. The molecule has 1 aliphatic heterocycles. The lowest BCUT2D eigenvalue weighted by molar-refractivity contribution is 0.105. The molecule has 3 rings (SSSR count). The monoisotopic (exact) mass is 396 g/mol. The molecule has 138 valence electrons. The largest absolute Gasteiger partial charge is 0.450 e. The van der Waals surface area contributed by atoms with Gasteiger partial charge in [0.25, 0.3) is 0 Å². The number of benzene rings is 1. The lowest BCUT2D eigenvalue weighted by Gasteiger charge is -2.33. The summed E-state index contributed by atoms with van der Waals surface area (Å²) >= 11 is 12.1. The molecule has 1 amide bonds. The highest BCUT2D eigenvalue weighted by Gasteiger charge is 2.23. The van der Waals surface area contributed by atoms with Gasteiger partial charge in [-0.3, -0.25) is 0 Å². The molecule has 1 aromatic carbocycles. The first-order valence-electron chi connectivity index (χ1n) is 8.15. The van der Waals surface area contributed by atoms with Gasteiger partial charge in [0.05, 0.1) is 23.5 Å². The zero-order chi connectivity index (χ0) is 18.5. The lowest BCUT2D eigenvalue weighted by Crippen LogP contribution is -2.49. The van der Waals surface area contributed by atoms with Crippen LogP contribution in [-0.4, -0.2) is 59.0 Å². The van der Waals surface area contributed by atoms with Crippen LogP contribution in [0.2, 0.25) is 10.0 Å². The SMILES string of the molecule is CCOC(=O)N1CCN(c2nncc(Nc3ccc(Cl)cc3Cl)n2)CC1. The van der Waals surface area contributed by atoms with Crippen molar-refractivity contribution in [2.24, 2.45) is 0 Å². The summed E-state index contributed by atoms with van der Waals surface area (Å²) in [7, 11) is 0. The van der Waals surface area contributed by atoms with Crippen LogP contribution in [0.5, 0.6) is 0 Å². The number of nitrogens with one attached hydrogen (secondary N) is 1. The molecular formula is C16H18Cl2N6O2. The van der Waals surface area contributed by atoms with Gasteiger partial charge in [-0.05, 0) is 25.1 Å². The fourth-order valence-electron chi connectivity index (χ4n) is 2.52. The van der Waals surface area contributed by atoms with E-state index in [0.717, 1.165) is 0 Å². The van der Waals surface area contributed by atoms with E-state index in [1.54, 1.807) is 30.0 Å². The summed E-state index contributed by atoms with van der Waals surface area (Å²) < 4.78 is 5.02. The summed E-state index contributed by atoms with van der Waals surface area (Å²) in [5, 5.41) is 12.2. The summed E-state index contributed by atoms with van der Waals surface area (Å²) in [6.07, 6.45) is 1.22. The maximum Gasteiger partial charge on any atom is 0.409 e. The molecule has 0 aliphatic carbocycles.